The molecular formula is C58H64N14O14S2. The summed E-state index contributed by atoms with van der Waals surface area (Å²) < 4.78 is 52.2. The lowest BCUT2D eigenvalue weighted by molar-refractivity contribution is -0.239. The summed E-state index contributed by atoms with van der Waals surface area (Å²) in [4.78, 5) is 103. The lowest BCUT2D eigenvalue weighted by Crippen LogP contribution is -2.55. The van der Waals surface area contributed by atoms with Crippen LogP contribution in [-0.2, 0) is 66.7 Å². The zero-order chi connectivity index (χ0) is 61.8. The van der Waals surface area contributed by atoms with Gasteiger partial charge in [-0.25, -0.2) is 19.9 Å². The first kappa shape index (κ1) is 62.3. The number of aromatic nitrogens is 14. The molecule has 8 atom stereocenters. The topological polar surface area (TPSA) is 325 Å². The van der Waals surface area contributed by atoms with Gasteiger partial charge in [0.15, 0.2) is 60.4 Å². The van der Waals surface area contributed by atoms with Crippen molar-refractivity contribution in [2.75, 3.05) is 24.7 Å². The van der Waals surface area contributed by atoms with Gasteiger partial charge in [-0.3, -0.25) is 37.9 Å². The molecule has 0 amide bonds. The summed E-state index contributed by atoms with van der Waals surface area (Å²) in [6.07, 6.45) is 5.00. The van der Waals surface area contributed by atoms with Crippen molar-refractivity contribution in [3.8, 4) is 34.4 Å². The summed E-state index contributed by atoms with van der Waals surface area (Å²) in [5, 5.41) is 18.6. The van der Waals surface area contributed by atoms with Crippen molar-refractivity contribution in [2.24, 2.45) is 0 Å². The Hall–Kier alpha value is -8.74. The van der Waals surface area contributed by atoms with Gasteiger partial charge < -0.3 is 37.9 Å². The summed E-state index contributed by atoms with van der Waals surface area (Å²) in [6.45, 7) is 6.89. The number of fused-ring (bicyclic) bond motifs is 2. The second kappa shape index (κ2) is 28.8. The van der Waals surface area contributed by atoms with Crippen molar-refractivity contribution >= 4 is 81.7 Å². The molecule has 2 aliphatic rings. The number of benzene rings is 2. The second-order valence-electron chi connectivity index (χ2n) is 20.7. The molecule has 2 aromatic carbocycles. The van der Waals surface area contributed by atoms with Crippen LogP contribution in [0.15, 0.2) is 95.8 Å². The Labute approximate surface area is 512 Å². The highest BCUT2D eigenvalue weighted by Crippen LogP contribution is 2.37. The number of hydrogen-bond acceptors (Lipinski definition) is 26. The van der Waals surface area contributed by atoms with Gasteiger partial charge in [0.2, 0.25) is 0 Å². The highest BCUT2D eigenvalue weighted by molar-refractivity contribution is 7.99. The molecule has 0 unspecified atom stereocenters. The molecule has 6 aromatic heterocycles. The Bertz CT molecular complexity index is 3530. The lowest BCUT2D eigenvalue weighted by Gasteiger charge is -2.40. The molecule has 88 heavy (non-hydrogen) atoms. The van der Waals surface area contributed by atoms with Gasteiger partial charge >= 0.3 is 35.8 Å². The molecule has 30 heteroatoms. The Morgan fingerprint density at radius 3 is 1.18 bits per heavy atom. The first-order chi connectivity index (χ1) is 42.6. The highest BCUT2D eigenvalue weighted by Gasteiger charge is 2.50. The monoisotopic (exact) mass is 1240 g/mol. The zero-order valence-electron chi connectivity index (χ0n) is 49.0. The number of imidazole rings is 2. The summed E-state index contributed by atoms with van der Waals surface area (Å²) in [5.74, 6) is -2.17. The average Bonchev–Trinajstić information content (AvgIpc) is 4.13. The van der Waals surface area contributed by atoms with Crippen molar-refractivity contribution < 1.29 is 66.7 Å². The van der Waals surface area contributed by atoms with E-state index in [1.165, 1.54) is 87.1 Å². The molecule has 0 saturated carbocycles. The van der Waals surface area contributed by atoms with Crippen LogP contribution >= 0.6 is 23.5 Å². The van der Waals surface area contributed by atoms with E-state index in [1.54, 1.807) is 21.5 Å². The van der Waals surface area contributed by atoms with Gasteiger partial charge in [-0.2, -0.15) is 19.3 Å². The largest absolute Gasteiger partial charge is 0.456 e. The van der Waals surface area contributed by atoms with Crippen molar-refractivity contribution in [3.05, 3.63) is 85.7 Å². The maximum atomic E-state index is 12.6. The smallest absolute Gasteiger partial charge is 0.303 e. The zero-order valence-corrected chi connectivity index (χ0v) is 50.6. The van der Waals surface area contributed by atoms with E-state index in [0.29, 0.717) is 55.3 Å². The van der Waals surface area contributed by atoms with E-state index in [9.17, 15) is 28.8 Å². The number of unbranched alkanes of at least 4 members (excludes halogenated alkanes) is 7. The van der Waals surface area contributed by atoms with Gasteiger partial charge in [-0.15, -0.1) is 33.7 Å². The SMILES string of the molecule is CC(=O)O[C@H]1[C@H](OC(C)=O)[C@@H](n2cnc3c(SCCCCCCCCCCSc4nc(-n5cc(-c6ccccc6)nn5)nc5c4ncn5[C@H]4OC[C@@H](OC(C)=O)[C@@H](OC(C)=O)[C@@H]4OC(C)=O)nc(-n4cc(-c5ccccc5)nn4)nc32)OC[C@H]1OC(C)=O. The minimum absolute atomic E-state index is 0.193. The van der Waals surface area contributed by atoms with Crippen molar-refractivity contribution in [3.63, 3.8) is 0 Å². The standard InChI is InChI=1S/C58H64N14O14S2/c1-33(73)81-43-29-79-55(49(85-37(5)77)47(43)83-35(3)75)69-31-59-45-51(69)61-57(71-27-41(65-67-71)39-21-15-13-16-22-39)63-53(45)87-25-19-11-9-7-8-10-12-20-26-88-54-46-52(62-58(64-54)72-28-42(66-68-72)40-23-17-14-18-24-40)70(32-60-46)56-50(86-38(6)78)48(84-36(4)76)44(30-80-56)82-34(2)74/h13-18,21-24,27-28,31-32,43-44,47-50,55-56H,7-12,19-20,25-26,29-30H2,1-6H3/t43-,44-,47-,48-,49+,50+,55+,56+/m1/s1. The third-order valence-corrected chi connectivity index (χ3v) is 16.1. The van der Waals surface area contributed by atoms with Crippen molar-refractivity contribution in [2.45, 2.75) is 152 Å². The van der Waals surface area contributed by atoms with E-state index < -0.39 is 84.9 Å². The van der Waals surface area contributed by atoms with Crippen LogP contribution in [0, 0.1) is 0 Å². The third-order valence-electron chi connectivity index (χ3n) is 14.0. The maximum Gasteiger partial charge on any atom is 0.303 e. The van der Waals surface area contributed by atoms with Gasteiger partial charge in [0.25, 0.3) is 11.9 Å². The van der Waals surface area contributed by atoms with Crippen molar-refractivity contribution in [1.82, 2.24) is 69.0 Å². The average molecular weight is 1250 g/mol. The molecule has 0 bridgehead atoms. The highest BCUT2D eigenvalue weighted by atomic mass is 32.2. The van der Waals surface area contributed by atoms with Gasteiger partial charge in [0.1, 0.15) is 32.5 Å². The molecule has 2 aliphatic heterocycles. The number of thioether (sulfide) groups is 2. The normalized spacial score (nSPS) is 20.1. The van der Waals surface area contributed by atoms with E-state index in [1.807, 2.05) is 60.7 Å². The van der Waals surface area contributed by atoms with E-state index in [4.69, 9.17) is 67.8 Å². The molecule has 462 valence electrons. The fourth-order valence-electron chi connectivity index (χ4n) is 10.3. The number of esters is 6. The molecule has 2 fully saturated rings. The first-order valence-corrected chi connectivity index (χ1v) is 30.5. The van der Waals surface area contributed by atoms with Gasteiger partial charge in [-0.05, 0) is 24.3 Å². The molecule has 28 nitrogen and oxygen atoms in total. The van der Waals surface area contributed by atoms with Crippen LogP contribution in [0.4, 0.5) is 0 Å². The van der Waals surface area contributed by atoms with Gasteiger partial charge in [0.05, 0.1) is 38.3 Å². The maximum absolute atomic E-state index is 12.6. The van der Waals surface area contributed by atoms with Crippen LogP contribution < -0.4 is 0 Å². The molecule has 0 aliphatic carbocycles. The second-order valence-corrected chi connectivity index (χ2v) is 22.9. The third kappa shape index (κ3) is 15.1. The van der Waals surface area contributed by atoms with Crippen LogP contribution in [0.1, 0.15) is 105 Å². The van der Waals surface area contributed by atoms with Crippen LogP contribution in [0.25, 0.3) is 56.7 Å². The van der Waals surface area contributed by atoms with E-state index in [0.717, 1.165) is 62.5 Å². The summed E-state index contributed by atoms with van der Waals surface area (Å²) in [5.41, 5.74) is 4.45. The number of ether oxygens (including phenoxy) is 8. The van der Waals surface area contributed by atoms with Gasteiger partial charge in [0, 0.05) is 52.7 Å². The molecule has 0 N–H and O–H groups in total. The van der Waals surface area contributed by atoms with Crippen LogP contribution in [-0.4, -0.2) is 166 Å². The molecule has 0 radical (unpaired) electrons. The van der Waals surface area contributed by atoms with E-state index in [-0.39, 0.29) is 25.1 Å². The fraction of sp³-hybridized carbons (Fsp3) is 0.448. The number of carbonyl (C=O) groups excluding carboxylic acids is 6. The molecule has 10 rings (SSSR count). The number of carbonyl (C=O) groups is 6. The van der Waals surface area contributed by atoms with Crippen LogP contribution in [0.3, 0.4) is 0 Å². The van der Waals surface area contributed by atoms with E-state index in [2.05, 4.69) is 20.6 Å². The summed E-state index contributed by atoms with van der Waals surface area (Å²) >= 11 is 3.04. The van der Waals surface area contributed by atoms with Crippen LogP contribution in [0.2, 0.25) is 0 Å². The summed E-state index contributed by atoms with van der Waals surface area (Å²) in [6, 6.07) is 19.1. The predicted octanol–water partition coefficient (Wildman–Crippen LogP) is 7.11. The molecule has 2 saturated heterocycles. The minimum atomic E-state index is -1.27. The number of rotatable bonds is 25. The Balaban J connectivity index is 0.779. The lowest BCUT2D eigenvalue weighted by atomic mass is 10.0. The fourth-order valence-corrected chi connectivity index (χ4v) is 12.2. The van der Waals surface area contributed by atoms with Crippen molar-refractivity contribution in [1.29, 1.82) is 0 Å². The van der Waals surface area contributed by atoms with Crippen LogP contribution in [0.5, 0.6) is 0 Å². The van der Waals surface area contributed by atoms with E-state index >= 15 is 0 Å². The Morgan fingerprint density at radius 1 is 0.466 bits per heavy atom. The minimum Gasteiger partial charge on any atom is -0.456 e. The molecule has 8 aromatic rings. The molecule has 0 spiro atoms. The quantitative estimate of drug-likeness (QED) is 0.0181. The van der Waals surface area contributed by atoms with Gasteiger partial charge in [-0.1, -0.05) is 110 Å². The Kier molecular flexibility index (Phi) is 20.4. The Morgan fingerprint density at radius 2 is 0.818 bits per heavy atom. The molecular weight excluding hydrogens is 1180 g/mol. The molecule has 8 heterocycles. The number of hydrogen-bond donors (Lipinski definition) is 0. The number of nitrogens with zero attached hydrogens (tertiary/aromatic N) is 14. The predicted molar refractivity (Wildman–Crippen MR) is 313 cm³/mol. The summed E-state index contributed by atoms with van der Waals surface area (Å²) in [7, 11) is 0. The first-order valence-electron chi connectivity index (χ1n) is 28.6.